The largest absolute Gasteiger partial charge is 0.451 e. The summed E-state index contributed by atoms with van der Waals surface area (Å²) in [6, 6.07) is 8.62. The Hall–Kier alpha value is -2.14. The van der Waals surface area contributed by atoms with Gasteiger partial charge in [-0.05, 0) is 32.1 Å². The Bertz CT molecular complexity index is 766. The summed E-state index contributed by atoms with van der Waals surface area (Å²) >= 11 is 0. The molecule has 2 aromatic rings. The second-order valence-corrected chi connectivity index (χ2v) is 6.19. The highest BCUT2D eigenvalue weighted by molar-refractivity contribution is 5.93. The van der Waals surface area contributed by atoms with E-state index in [0.29, 0.717) is 36.0 Å². The maximum Gasteiger partial charge on any atom is 0.289 e. The molecule has 116 valence electrons. The van der Waals surface area contributed by atoms with E-state index in [2.05, 4.69) is 11.8 Å². The standard InChI is InChI=1S/C17H20N2O3/c1-11-9-19(10-13(11)18(2)3)17(21)16-8-14(20)12-6-4-5-7-15(12)22-16/h4-8,11,13H,9-10H2,1-3H3/t11-,13-/m0/s1. The SMILES string of the molecule is C[C@H]1CN(C(=O)c2cc(=O)c3ccccc3o2)C[C@@H]1N(C)C. The van der Waals surface area contributed by atoms with Gasteiger partial charge in [-0.2, -0.15) is 0 Å². The van der Waals surface area contributed by atoms with Crippen molar-refractivity contribution in [3.63, 3.8) is 0 Å². The van der Waals surface area contributed by atoms with Crippen LogP contribution in [0, 0.1) is 5.92 Å². The van der Waals surface area contributed by atoms with Gasteiger partial charge in [-0.15, -0.1) is 0 Å². The third kappa shape index (κ3) is 2.52. The second-order valence-electron chi connectivity index (χ2n) is 6.19. The predicted molar refractivity (Wildman–Crippen MR) is 85.0 cm³/mol. The van der Waals surface area contributed by atoms with Crippen molar-refractivity contribution in [3.05, 3.63) is 46.3 Å². The lowest BCUT2D eigenvalue weighted by atomic mass is 10.1. The number of amides is 1. The minimum Gasteiger partial charge on any atom is -0.451 e. The molecule has 22 heavy (non-hydrogen) atoms. The van der Waals surface area contributed by atoms with Crippen LogP contribution in [0.15, 0.2) is 39.5 Å². The zero-order chi connectivity index (χ0) is 15.9. The molecule has 0 saturated carbocycles. The molecule has 1 aromatic heterocycles. The Morgan fingerprint density at radius 2 is 2.00 bits per heavy atom. The molecule has 1 saturated heterocycles. The molecule has 2 atom stereocenters. The van der Waals surface area contributed by atoms with Gasteiger partial charge in [-0.25, -0.2) is 0 Å². The van der Waals surface area contributed by atoms with E-state index in [0.717, 1.165) is 0 Å². The topological polar surface area (TPSA) is 53.8 Å². The lowest BCUT2D eigenvalue weighted by Crippen LogP contribution is -2.36. The summed E-state index contributed by atoms with van der Waals surface area (Å²) in [5.74, 6) is 0.306. The van der Waals surface area contributed by atoms with E-state index in [1.54, 1.807) is 29.2 Å². The van der Waals surface area contributed by atoms with Crippen LogP contribution in [0.3, 0.4) is 0 Å². The van der Waals surface area contributed by atoms with Gasteiger partial charge >= 0.3 is 0 Å². The van der Waals surface area contributed by atoms with E-state index in [1.165, 1.54) is 6.07 Å². The highest BCUT2D eigenvalue weighted by atomic mass is 16.3. The van der Waals surface area contributed by atoms with Crippen molar-refractivity contribution in [3.8, 4) is 0 Å². The Balaban J connectivity index is 1.92. The van der Waals surface area contributed by atoms with Crippen molar-refractivity contribution in [2.45, 2.75) is 13.0 Å². The average Bonchev–Trinajstić information content (AvgIpc) is 2.88. The maximum absolute atomic E-state index is 12.6. The number of likely N-dealkylation sites (tertiary alicyclic amines) is 1. The van der Waals surface area contributed by atoms with Crippen molar-refractivity contribution in [2.24, 2.45) is 5.92 Å². The van der Waals surface area contributed by atoms with Crippen LogP contribution in [-0.4, -0.2) is 48.9 Å². The van der Waals surface area contributed by atoms with Crippen LogP contribution in [0.5, 0.6) is 0 Å². The molecule has 0 bridgehead atoms. The lowest BCUT2D eigenvalue weighted by molar-refractivity contribution is 0.0750. The van der Waals surface area contributed by atoms with Gasteiger partial charge in [0.25, 0.3) is 5.91 Å². The van der Waals surface area contributed by atoms with E-state index in [9.17, 15) is 9.59 Å². The van der Waals surface area contributed by atoms with Gasteiger partial charge in [-0.3, -0.25) is 9.59 Å². The molecule has 2 heterocycles. The number of carbonyl (C=O) groups excluding carboxylic acids is 1. The number of rotatable bonds is 2. The minimum absolute atomic E-state index is 0.121. The molecule has 1 aliphatic rings. The van der Waals surface area contributed by atoms with Crippen LogP contribution >= 0.6 is 0 Å². The van der Waals surface area contributed by atoms with Crippen molar-refractivity contribution < 1.29 is 9.21 Å². The third-order valence-electron chi connectivity index (χ3n) is 4.37. The first-order valence-electron chi connectivity index (χ1n) is 7.46. The van der Waals surface area contributed by atoms with E-state index in [4.69, 9.17) is 4.42 Å². The molecule has 0 N–H and O–H groups in total. The highest BCUT2D eigenvalue weighted by Gasteiger charge is 2.34. The fourth-order valence-electron chi connectivity index (χ4n) is 3.15. The minimum atomic E-state index is -0.209. The summed E-state index contributed by atoms with van der Waals surface area (Å²) in [7, 11) is 4.04. The number of likely N-dealkylation sites (N-methyl/N-ethyl adjacent to an activating group) is 1. The zero-order valence-corrected chi connectivity index (χ0v) is 13.1. The molecular weight excluding hydrogens is 280 g/mol. The van der Waals surface area contributed by atoms with Crippen LogP contribution in [0.2, 0.25) is 0 Å². The molecule has 1 amide bonds. The number of carbonyl (C=O) groups is 1. The normalized spacial score (nSPS) is 21.7. The van der Waals surface area contributed by atoms with Gasteiger partial charge in [0, 0.05) is 25.2 Å². The summed E-state index contributed by atoms with van der Waals surface area (Å²) in [6.07, 6.45) is 0. The molecule has 1 aliphatic heterocycles. The second kappa shape index (κ2) is 5.57. The number of para-hydroxylation sites is 1. The van der Waals surface area contributed by atoms with Gasteiger partial charge in [0.2, 0.25) is 0 Å². The number of nitrogens with zero attached hydrogens (tertiary/aromatic N) is 2. The van der Waals surface area contributed by atoms with Crippen LogP contribution < -0.4 is 5.43 Å². The number of benzene rings is 1. The summed E-state index contributed by atoms with van der Waals surface area (Å²) in [6.45, 7) is 3.47. The lowest BCUT2D eigenvalue weighted by Gasteiger charge is -2.22. The smallest absolute Gasteiger partial charge is 0.289 e. The molecule has 0 aliphatic carbocycles. The molecule has 3 rings (SSSR count). The highest BCUT2D eigenvalue weighted by Crippen LogP contribution is 2.22. The Morgan fingerprint density at radius 3 is 2.68 bits per heavy atom. The monoisotopic (exact) mass is 300 g/mol. The van der Waals surface area contributed by atoms with Crippen molar-refractivity contribution >= 4 is 16.9 Å². The van der Waals surface area contributed by atoms with E-state index in [-0.39, 0.29) is 17.1 Å². The Labute approximate surface area is 129 Å². The van der Waals surface area contributed by atoms with Gasteiger partial charge in [0.05, 0.1) is 5.39 Å². The molecule has 0 radical (unpaired) electrons. The van der Waals surface area contributed by atoms with E-state index >= 15 is 0 Å². The summed E-state index contributed by atoms with van der Waals surface area (Å²) in [4.78, 5) is 28.6. The first-order chi connectivity index (χ1) is 10.5. The average molecular weight is 300 g/mol. The van der Waals surface area contributed by atoms with Crippen LogP contribution in [0.1, 0.15) is 17.5 Å². The maximum atomic E-state index is 12.6. The van der Waals surface area contributed by atoms with E-state index in [1.807, 2.05) is 14.1 Å². The summed E-state index contributed by atoms with van der Waals surface area (Å²) in [5, 5.41) is 0.500. The van der Waals surface area contributed by atoms with Gasteiger partial charge < -0.3 is 14.2 Å². The van der Waals surface area contributed by atoms with Gasteiger partial charge in [0.1, 0.15) is 5.58 Å². The van der Waals surface area contributed by atoms with Gasteiger partial charge in [0.15, 0.2) is 11.2 Å². The number of hydrogen-bond donors (Lipinski definition) is 0. The molecule has 0 unspecified atom stereocenters. The zero-order valence-electron chi connectivity index (χ0n) is 13.1. The summed E-state index contributed by atoms with van der Waals surface area (Å²) < 4.78 is 5.64. The molecule has 1 fully saturated rings. The molecule has 5 nitrogen and oxygen atoms in total. The fraction of sp³-hybridized carbons (Fsp3) is 0.412. The van der Waals surface area contributed by atoms with Crippen molar-refractivity contribution in [2.75, 3.05) is 27.2 Å². The quantitative estimate of drug-likeness (QED) is 0.849. The molecule has 1 aromatic carbocycles. The number of fused-ring (bicyclic) bond motifs is 1. The van der Waals surface area contributed by atoms with Crippen molar-refractivity contribution in [1.29, 1.82) is 0 Å². The molecule has 5 heteroatoms. The first kappa shape index (κ1) is 14.8. The van der Waals surface area contributed by atoms with Crippen LogP contribution in [0.4, 0.5) is 0 Å². The first-order valence-corrected chi connectivity index (χ1v) is 7.46. The Morgan fingerprint density at radius 1 is 1.27 bits per heavy atom. The van der Waals surface area contributed by atoms with Crippen LogP contribution in [-0.2, 0) is 0 Å². The van der Waals surface area contributed by atoms with Gasteiger partial charge in [-0.1, -0.05) is 19.1 Å². The summed E-state index contributed by atoms with van der Waals surface area (Å²) in [5.41, 5.74) is 0.274. The fourth-order valence-corrected chi connectivity index (χ4v) is 3.15. The van der Waals surface area contributed by atoms with Crippen molar-refractivity contribution in [1.82, 2.24) is 9.80 Å². The predicted octanol–water partition coefficient (Wildman–Crippen LogP) is 1.82. The molecule has 0 spiro atoms. The third-order valence-corrected chi connectivity index (χ3v) is 4.37. The Kier molecular flexibility index (Phi) is 3.74. The molecular formula is C17H20N2O3. The van der Waals surface area contributed by atoms with Crippen LogP contribution in [0.25, 0.3) is 11.0 Å². The number of hydrogen-bond acceptors (Lipinski definition) is 4. The van der Waals surface area contributed by atoms with E-state index < -0.39 is 0 Å².